The molecule has 9 heteroatoms. The van der Waals surface area contributed by atoms with Gasteiger partial charge in [-0.05, 0) is 63.6 Å². The van der Waals surface area contributed by atoms with Crippen LogP contribution >= 0.6 is 15.9 Å². The largest absolute Gasteiger partial charge is 0.463 e. The molecule has 184 valence electrons. The highest BCUT2D eigenvalue weighted by Crippen LogP contribution is 2.48. The maximum absolute atomic E-state index is 13.9. The van der Waals surface area contributed by atoms with E-state index < -0.39 is 35.4 Å². The lowest BCUT2D eigenvalue weighted by molar-refractivity contribution is -0.176. The van der Waals surface area contributed by atoms with E-state index in [2.05, 4.69) is 15.9 Å². The van der Waals surface area contributed by atoms with E-state index in [9.17, 15) is 23.5 Å². The van der Waals surface area contributed by atoms with Crippen LogP contribution in [0.4, 0.5) is 13.6 Å². The Bertz CT molecular complexity index is 849. The number of hydrogen-bond donors (Lipinski definition) is 1. The predicted octanol–water partition coefficient (Wildman–Crippen LogP) is 5.26. The molecule has 1 aromatic rings. The van der Waals surface area contributed by atoms with E-state index >= 15 is 0 Å². The van der Waals surface area contributed by atoms with E-state index in [1.54, 1.807) is 29.2 Å². The van der Waals surface area contributed by atoms with Gasteiger partial charge in [0.25, 0.3) is 0 Å². The maximum atomic E-state index is 13.9. The minimum absolute atomic E-state index is 0.00632. The molecule has 1 aromatic carbocycles. The summed E-state index contributed by atoms with van der Waals surface area (Å²) in [6.07, 6.45) is -0.0430. The molecule has 1 saturated heterocycles. The van der Waals surface area contributed by atoms with Crippen molar-refractivity contribution in [2.75, 3.05) is 19.7 Å². The first kappa shape index (κ1) is 25.9. The number of benzene rings is 1. The molecule has 2 atom stereocenters. The van der Waals surface area contributed by atoms with Crippen molar-refractivity contribution in [3.8, 4) is 0 Å². The number of halogens is 3. The number of carbonyl (C=O) groups excluding carboxylic acids is 2. The number of esters is 1. The summed E-state index contributed by atoms with van der Waals surface area (Å²) in [5.74, 6) is -4.74. The van der Waals surface area contributed by atoms with Gasteiger partial charge in [-0.15, -0.1) is 0 Å². The predicted molar refractivity (Wildman–Crippen MR) is 122 cm³/mol. The van der Waals surface area contributed by atoms with Crippen LogP contribution in [0.25, 0.3) is 0 Å². The molecule has 0 spiro atoms. The Morgan fingerprint density at radius 2 is 1.76 bits per heavy atom. The average Bonchev–Trinajstić information content (AvgIpc) is 3.11. The summed E-state index contributed by atoms with van der Waals surface area (Å²) in [5, 5.41) is 11.4. The molecule has 0 radical (unpaired) electrons. The number of aliphatic hydroxyl groups is 1. The number of nitrogens with zero attached hydrogens (tertiary/aromatic N) is 1. The molecule has 6 nitrogen and oxygen atoms in total. The van der Waals surface area contributed by atoms with Crippen LogP contribution in [0.2, 0.25) is 0 Å². The smallest absolute Gasteiger partial charge is 0.410 e. The third-order valence-electron chi connectivity index (χ3n) is 6.31. The molecule has 1 heterocycles. The van der Waals surface area contributed by atoms with Gasteiger partial charge in [0.1, 0.15) is 5.60 Å². The van der Waals surface area contributed by atoms with Gasteiger partial charge in [-0.25, -0.2) is 18.4 Å². The van der Waals surface area contributed by atoms with Crippen LogP contribution in [-0.4, -0.2) is 53.3 Å². The van der Waals surface area contributed by atoms with Crippen molar-refractivity contribution in [1.29, 1.82) is 0 Å². The van der Waals surface area contributed by atoms with E-state index in [1.165, 1.54) is 0 Å². The molecule has 1 saturated carbocycles. The highest BCUT2D eigenvalue weighted by Gasteiger charge is 2.54. The monoisotopic (exact) mass is 531 g/mol. The molecular formula is C24H32BrF2NO5. The van der Waals surface area contributed by atoms with Gasteiger partial charge in [-0.1, -0.05) is 28.1 Å². The first-order valence-corrected chi connectivity index (χ1v) is 12.1. The van der Waals surface area contributed by atoms with Crippen LogP contribution in [-0.2, 0) is 19.9 Å². The lowest BCUT2D eigenvalue weighted by Crippen LogP contribution is -2.45. The van der Waals surface area contributed by atoms with Crippen molar-refractivity contribution >= 4 is 28.0 Å². The van der Waals surface area contributed by atoms with Crippen LogP contribution < -0.4 is 0 Å². The Kier molecular flexibility index (Phi) is 7.73. The number of likely N-dealkylation sites (tertiary alicyclic amines) is 1. The normalized spacial score (nSPS) is 23.1. The second kappa shape index (κ2) is 9.86. The Morgan fingerprint density at radius 3 is 2.27 bits per heavy atom. The molecule has 2 aliphatic rings. The molecule has 1 aliphatic heterocycles. The molecule has 0 bridgehead atoms. The molecule has 0 unspecified atom stereocenters. The lowest BCUT2D eigenvalue weighted by atomic mass is 9.80. The minimum atomic E-state index is -2.91. The SMILES string of the molecule is CC(C)(C)OC(=O)N1CCC(COC(=O)[C@](O)(c2ccc(Br)cc2)[C@@H]2CCC(F)(F)C2)CC1. The fourth-order valence-electron chi connectivity index (χ4n) is 4.44. The lowest BCUT2D eigenvalue weighted by Gasteiger charge is -2.35. The fraction of sp³-hybridized carbons (Fsp3) is 0.667. The Balaban J connectivity index is 1.63. The summed E-state index contributed by atoms with van der Waals surface area (Å²) in [4.78, 5) is 27.0. The van der Waals surface area contributed by atoms with Gasteiger partial charge in [0.15, 0.2) is 5.60 Å². The van der Waals surface area contributed by atoms with Gasteiger partial charge >= 0.3 is 12.1 Å². The molecule has 1 N–H and O–H groups in total. The summed E-state index contributed by atoms with van der Waals surface area (Å²) in [6.45, 7) is 6.44. The molecular weight excluding hydrogens is 500 g/mol. The maximum Gasteiger partial charge on any atom is 0.410 e. The molecule has 33 heavy (non-hydrogen) atoms. The van der Waals surface area contributed by atoms with Crippen LogP contribution in [0, 0.1) is 11.8 Å². The Morgan fingerprint density at radius 1 is 1.15 bits per heavy atom. The summed E-state index contributed by atoms with van der Waals surface area (Å²) in [5.41, 5.74) is -2.46. The summed E-state index contributed by atoms with van der Waals surface area (Å²) in [6, 6.07) is 6.43. The zero-order chi connectivity index (χ0) is 24.4. The van der Waals surface area contributed by atoms with Crippen LogP contribution in [0.5, 0.6) is 0 Å². The molecule has 3 rings (SSSR count). The van der Waals surface area contributed by atoms with Crippen molar-refractivity contribution in [1.82, 2.24) is 4.90 Å². The van der Waals surface area contributed by atoms with Crippen LogP contribution in [0.15, 0.2) is 28.7 Å². The highest BCUT2D eigenvalue weighted by atomic mass is 79.9. The molecule has 0 aromatic heterocycles. The topological polar surface area (TPSA) is 76.1 Å². The second-order valence-electron chi connectivity index (χ2n) is 10.1. The van der Waals surface area contributed by atoms with Crippen molar-refractivity contribution in [2.24, 2.45) is 11.8 Å². The van der Waals surface area contributed by atoms with Crippen LogP contribution in [0.3, 0.4) is 0 Å². The molecule has 1 amide bonds. The Hall–Kier alpha value is -1.74. The number of alkyl halides is 2. The fourth-order valence-corrected chi connectivity index (χ4v) is 4.71. The van der Waals surface area contributed by atoms with Gasteiger partial charge in [-0.2, -0.15) is 0 Å². The van der Waals surface area contributed by atoms with Crippen LogP contribution in [0.1, 0.15) is 58.4 Å². The minimum Gasteiger partial charge on any atom is -0.463 e. The van der Waals surface area contributed by atoms with Crippen molar-refractivity contribution in [3.05, 3.63) is 34.3 Å². The third kappa shape index (κ3) is 6.44. The average molecular weight is 532 g/mol. The van der Waals surface area contributed by atoms with Gasteiger partial charge in [-0.3, -0.25) is 0 Å². The van der Waals surface area contributed by atoms with Gasteiger partial charge < -0.3 is 19.5 Å². The number of ether oxygens (including phenoxy) is 2. The standard InChI is InChI=1S/C24H32BrF2NO5/c1-22(2,3)33-21(30)28-12-9-16(10-13-28)15-32-20(29)24(31,17-4-6-19(25)7-5-17)18-8-11-23(26,27)14-18/h4-7,16,18,31H,8-15H2,1-3H3/t18-,24+/m1/s1. The van der Waals surface area contributed by atoms with Gasteiger partial charge in [0, 0.05) is 36.3 Å². The van der Waals surface area contributed by atoms with Gasteiger partial charge in [0.05, 0.1) is 6.61 Å². The summed E-state index contributed by atoms with van der Waals surface area (Å²) < 4.78 is 39.5. The first-order chi connectivity index (χ1) is 15.3. The number of rotatable bonds is 5. The van der Waals surface area contributed by atoms with E-state index in [0.29, 0.717) is 25.9 Å². The van der Waals surface area contributed by atoms with Crippen molar-refractivity contribution < 1.29 is 33.0 Å². The summed E-state index contributed by atoms with van der Waals surface area (Å²) in [7, 11) is 0. The number of hydrogen-bond acceptors (Lipinski definition) is 5. The summed E-state index contributed by atoms with van der Waals surface area (Å²) >= 11 is 3.31. The first-order valence-electron chi connectivity index (χ1n) is 11.3. The molecule has 2 fully saturated rings. The van der Waals surface area contributed by atoms with Gasteiger partial charge in [0.2, 0.25) is 5.92 Å². The van der Waals surface area contributed by atoms with E-state index in [1.807, 2.05) is 20.8 Å². The van der Waals surface area contributed by atoms with E-state index in [4.69, 9.17) is 9.47 Å². The highest BCUT2D eigenvalue weighted by molar-refractivity contribution is 9.10. The van der Waals surface area contributed by atoms with Crippen molar-refractivity contribution in [3.63, 3.8) is 0 Å². The van der Waals surface area contributed by atoms with E-state index in [0.717, 1.165) is 4.47 Å². The zero-order valence-corrected chi connectivity index (χ0v) is 20.9. The molecule has 1 aliphatic carbocycles. The zero-order valence-electron chi connectivity index (χ0n) is 19.3. The number of piperidine rings is 1. The second-order valence-corrected chi connectivity index (χ2v) is 11.0. The number of amides is 1. The van der Waals surface area contributed by atoms with Crippen molar-refractivity contribution in [2.45, 2.75) is 70.0 Å². The third-order valence-corrected chi connectivity index (χ3v) is 6.83. The Labute approximate surface area is 201 Å². The quantitative estimate of drug-likeness (QED) is 0.524. The number of carbonyl (C=O) groups is 2. The van der Waals surface area contributed by atoms with E-state index in [-0.39, 0.29) is 37.0 Å².